The van der Waals surface area contributed by atoms with Gasteiger partial charge in [0.2, 0.25) is 5.91 Å². The zero-order valence-corrected chi connectivity index (χ0v) is 14.6. The lowest BCUT2D eigenvalue weighted by Crippen LogP contribution is -2.40. The number of rotatable bonds is 8. The first-order chi connectivity index (χ1) is 10.5. The van der Waals surface area contributed by atoms with E-state index in [-0.39, 0.29) is 36.7 Å². The molecule has 0 aliphatic rings. The first-order valence-electron chi connectivity index (χ1n) is 7.53. The highest BCUT2D eigenvalue weighted by Crippen LogP contribution is 2.18. The van der Waals surface area contributed by atoms with Gasteiger partial charge in [-0.1, -0.05) is 26.3 Å². The van der Waals surface area contributed by atoms with Crippen molar-refractivity contribution in [2.75, 3.05) is 18.5 Å². The molecule has 4 N–H and O–H groups in total. The molecular formula is C16H26ClN3O3. The zero-order valence-electron chi connectivity index (χ0n) is 13.8. The van der Waals surface area contributed by atoms with E-state index in [4.69, 9.17) is 10.5 Å². The molecule has 2 unspecified atom stereocenters. The van der Waals surface area contributed by atoms with Gasteiger partial charge in [-0.2, -0.15) is 0 Å². The van der Waals surface area contributed by atoms with Gasteiger partial charge in [-0.05, 0) is 25.0 Å². The fourth-order valence-electron chi connectivity index (χ4n) is 1.80. The van der Waals surface area contributed by atoms with Gasteiger partial charge in [-0.15, -0.1) is 12.4 Å². The van der Waals surface area contributed by atoms with Crippen molar-refractivity contribution in [2.45, 2.75) is 33.2 Å². The molecule has 7 heteroatoms. The third kappa shape index (κ3) is 7.34. The highest BCUT2D eigenvalue weighted by molar-refractivity contribution is 5.95. The normalized spacial score (nSPS) is 12.5. The lowest BCUT2D eigenvalue weighted by atomic mass is 9.99. The number of nitrogens with two attached hydrogens (primary N) is 1. The van der Waals surface area contributed by atoms with Crippen LogP contribution in [0.25, 0.3) is 0 Å². The van der Waals surface area contributed by atoms with Crippen LogP contribution < -0.4 is 21.1 Å². The molecule has 0 fully saturated rings. The van der Waals surface area contributed by atoms with Gasteiger partial charge < -0.3 is 21.1 Å². The van der Waals surface area contributed by atoms with Crippen molar-refractivity contribution in [1.29, 1.82) is 0 Å². The van der Waals surface area contributed by atoms with Crippen molar-refractivity contribution in [3.05, 3.63) is 24.3 Å². The van der Waals surface area contributed by atoms with Gasteiger partial charge in [0.05, 0.1) is 6.04 Å². The van der Waals surface area contributed by atoms with E-state index in [0.717, 1.165) is 6.42 Å². The van der Waals surface area contributed by atoms with Crippen LogP contribution in [-0.2, 0) is 9.59 Å². The van der Waals surface area contributed by atoms with Gasteiger partial charge in [-0.3, -0.25) is 9.59 Å². The summed E-state index contributed by atoms with van der Waals surface area (Å²) < 4.78 is 5.38. The number of carbonyl (C=O) groups excluding carboxylic acids is 2. The number of benzene rings is 1. The summed E-state index contributed by atoms with van der Waals surface area (Å²) in [6.45, 7) is 6.28. The van der Waals surface area contributed by atoms with Crippen molar-refractivity contribution < 1.29 is 14.3 Å². The highest BCUT2D eigenvalue weighted by atomic mass is 35.5. The second-order valence-electron chi connectivity index (χ2n) is 5.17. The lowest BCUT2D eigenvalue weighted by molar-refractivity contribution is -0.123. The summed E-state index contributed by atoms with van der Waals surface area (Å²) in [5.41, 5.74) is 6.49. The third-order valence-electron chi connectivity index (χ3n) is 3.41. The third-order valence-corrected chi connectivity index (χ3v) is 3.41. The molecule has 6 nitrogen and oxygen atoms in total. The molecule has 0 aromatic heterocycles. The van der Waals surface area contributed by atoms with Crippen LogP contribution in [0.1, 0.15) is 27.2 Å². The van der Waals surface area contributed by atoms with Crippen molar-refractivity contribution in [3.63, 3.8) is 0 Å². The van der Waals surface area contributed by atoms with Crippen molar-refractivity contribution in [2.24, 2.45) is 11.7 Å². The first-order valence-corrected chi connectivity index (χ1v) is 7.53. The molecule has 0 saturated heterocycles. The van der Waals surface area contributed by atoms with Gasteiger partial charge >= 0.3 is 0 Å². The molecule has 1 aromatic rings. The molecule has 0 spiro atoms. The van der Waals surface area contributed by atoms with Crippen molar-refractivity contribution in [1.82, 2.24) is 5.32 Å². The van der Waals surface area contributed by atoms with E-state index in [1.165, 1.54) is 0 Å². The van der Waals surface area contributed by atoms with Crippen LogP contribution in [-0.4, -0.2) is 31.0 Å². The van der Waals surface area contributed by atoms with Crippen LogP contribution in [0.15, 0.2) is 24.3 Å². The first kappa shape index (κ1) is 21.2. The van der Waals surface area contributed by atoms with E-state index < -0.39 is 6.04 Å². The minimum Gasteiger partial charge on any atom is -0.484 e. The Bertz CT molecular complexity index is 511. The molecule has 2 atom stereocenters. The van der Waals surface area contributed by atoms with E-state index in [0.29, 0.717) is 18.0 Å². The number of nitrogens with one attached hydrogen (secondary N) is 2. The summed E-state index contributed by atoms with van der Waals surface area (Å²) in [5.74, 6) is 0.212. The molecule has 0 bridgehead atoms. The van der Waals surface area contributed by atoms with E-state index in [1.54, 1.807) is 24.3 Å². The standard InChI is InChI=1S/C16H25N3O3.ClH/c1-4-11(3)15(17)16(21)19-12-7-6-8-13(9-12)22-10-14(20)18-5-2;/h6-9,11,15H,4-5,10,17H2,1-3H3,(H,18,20)(H,19,21);1H. The van der Waals surface area contributed by atoms with E-state index in [1.807, 2.05) is 20.8 Å². The Hall–Kier alpha value is -1.79. The van der Waals surface area contributed by atoms with Crippen LogP contribution in [0.3, 0.4) is 0 Å². The lowest BCUT2D eigenvalue weighted by Gasteiger charge is -2.18. The number of carbonyl (C=O) groups is 2. The number of hydrogen-bond donors (Lipinski definition) is 3. The minimum absolute atomic E-state index is 0. The molecule has 23 heavy (non-hydrogen) atoms. The topological polar surface area (TPSA) is 93.5 Å². The minimum atomic E-state index is -0.551. The number of hydrogen-bond acceptors (Lipinski definition) is 4. The summed E-state index contributed by atoms with van der Waals surface area (Å²) in [7, 11) is 0. The molecule has 2 amide bonds. The Morgan fingerprint density at radius 2 is 2.00 bits per heavy atom. The predicted octanol–water partition coefficient (Wildman–Crippen LogP) is 1.94. The predicted molar refractivity (Wildman–Crippen MR) is 93.9 cm³/mol. The quantitative estimate of drug-likeness (QED) is 0.672. The van der Waals surface area contributed by atoms with Crippen LogP contribution in [0.5, 0.6) is 5.75 Å². The zero-order chi connectivity index (χ0) is 16.5. The van der Waals surface area contributed by atoms with Crippen molar-refractivity contribution >= 4 is 29.9 Å². The van der Waals surface area contributed by atoms with E-state index in [9.17, 15) is 9.59 Å². The molecular weight excluding hydrogens is 318 g/mol. The Balaban J connectivity index is 0.00000484. The van der Waals surface area contributed by atoms with Gasteiger partial charge in [-0.25, -0.2) is 0 Å². The van der Waals surface area contributed by atoms with E-state index in [2.05, 4.69) is 10.6 Å². The van der Waals surface area contributed by atoms with Gasteiger partial charge in [0.1, 0.15) is 5.75 Å². The molecule has 0 heterocycles. The molecule has 1 rings (SSSR count). The molecule has 130 valence electrons. The second kappa shape index (κ2) is 10.9. The van der Waals surface area contributed by atoms with E-state index >= 15 is 0 Å². The van der Waals surface area contributed by atoms with Crippen LogP contribution in [0.4, 0.5) is 5.69 Å². The maximum atomic E-state index is 12.0. The monoisotopic (exact) mass is 343 g/mol. The summed E-state index contributed by atoms with van der Waals surface area (Å²) >= 11 is 0. The van der Waals surface area contributed by atoms with Crippen LogP contribution in [0.2, 0.25) is 0 Å². The Kier molecular flexibility index (Phi) is 10.0. The van der Waals surface area contributed by atoms with Crippen LogP contribution >= 0.6 is 12.4 Å². The van der Waals surface area contributed by atoms with Crippen LogP contribution in [0, 0.1) is 5.92 Å². The average Bonchev–Trinajstić information content (AvgIpc) is 2.52. The Labute approximate surface area is 143 Å². The van der Waals surface area contributed by atoms with Gasteiger partial charge in [0.25, 0.3) is 5.91 Å². The fraction of sp³-hybridized carbons (Fsp3) is 0.500. The molecule has 0 aliphatic heterocycles. The Morgan fingerprint density at radius 3 is 2.61 bits per heavy atom. The number of amides is 2. The number of likely N-dealkylation sites (N-methyl/N-ethyl adjacent to an activating group) is 1. The second-order valence-corrected chi connectivity index (χ2v) is 5.17. The SMILES string of the molecule is CCNC(=O)COc1cccc(NC(=O)C(N)C(C)CC)c1.Cl. The fourth-order valence-corrected chi connectivity index (χ4v) is 1.80. The molecule has 0 aliphatic carbocycles. The molecule has 1 aromatic carbocycles. The van der Waals surface area contributed by atoms with Crippen molar-refractivity contribution in [3.8, 4) is 5.75 Å². The summed E-state index contributed by atoms with van der Waals surface area (Å²) in [6.07, 6.45) is 0.838. The number of halogens is 1. The number of anilines is 1. The Morgan fingerprint density at radius 1 is 1.30 bits per heavy atom. The molecule has 0 saturated carbocycles. The molecule has 0 radical (unpaired) electrons. The maximum absolute atomic E-state index is 12.0. The summed E-state index contributed by atoms with van der Waals surface area (Å²) in [6, 6.07) is 6.34. The smallest absolute Gasteiger partial charge is 0.257 e. The largest absolute Gasteiger partial charge is 0.484 e. The summed E-state index contributed by atoms with van der Waals surface area (Å²) in [4.78, 5) is 23.4. The summed E-state index contributed by atoms with van der Waals surface area (Å²) in [5, 5.41) is 5.41. The average molecular weight is 344 g/mol. The maximum Gasteiger partial charge on any atom is 0.257 e. The number of ether oxygens (including phenoxy) is 1. The van der Waals surface area contributed by atoms with Gasteiger partial charge in [0.15, 0.2) is 6.61 Å². The highest BCUT2D eigenvalue weighted by Gasteiger charge is 2.19. The van der Waals surface area contributed by atoms with Gasteiger partial charge in [0, 0.05) is 18.3 Å².